The van der Waals surface area contributed by atoms with Gasteiger partial charge >= 0.3 is 0 Å². The maximum absolute atomic E-state index is 13.2. The van der Waals surface area contributed by atoms with Crippen LogP contribution in [0.25, 0.3) is 0 Å². The number of amides is 1. The first-order chi connectivity index (χ1) is 19.3. The molecule has 0 radical (unpaired) electrons. The molecule has 11 heteroatoms. The molecule has 1 fully saturated rings. The third-order valence-corrected chi connectivity index (χ3v) is 6.40. The molecule has 210 valence electrons. The average Bonchev–Trinajstić information content (AvgIpc) is 2.95. The second-order valence-electron chi connectivity index (χ2n) is 9.35. The van der Waals surface area contributed by atoms with Crippen molar-refractivity contribution in [2.24, 2.45) is 27.5 Å². The number of hydrogen-bond donors (Lipinski definition) is 4. The smallest absolute Gasteiger partial charge is 0.251 e. The topological polar surface area (TPSA) is 169 Å². The monoisotopic (exact) mass is 546 g/mol. The first kappa shape index (κ1) is 28.2. The van der Waals surface area contributed by atoms with E-state index in [0.717, 1.165) is 25.7 Å². The molecule has 7 N–H and O–H groups in total. The Kier molecular flexibility index (Phi) is 9.42. The molecule has 4 rings (SSSR count). The summed E-state index contributed by atoms with van der Waals surface area (Å²) < 4.78 is 12.2. The van der Waals surface area contributed by atoms with Crippen molar-refractivity contribution in [1.82, 2.24) is 5.32 Å². The fourth-order valence-corrected chi connectivity index (χ4v) is 4.31. The van der Waals surface area contributed by atoms with Gasteiger partial charge in [-0.2, -0.15) is 0 Å². The van der Waals surface area contributed by atoms with E-state index in [9.17, 15) is 4.79 Å². The van der Waals surface area contributed by atoms with Crippen molar-refractivity contribution < 1.29 is 23.9 Å². The van der Waals surface area contributed by atoms with Crippen molar-refractivity contribution in [3.63, 3.8) is 0 Å². The van der Waals surface area contributed by atoms with Gasteiger partial charge in [0.25, 0.3) is 5.91 Å². The maximum atomic E-state index is 13.2. The van der Waals surface area contributed by atoms with E-state index in [2.05, 4.69) is 15.6 Å². The summed E-state index contributed by atoms with van der Waals surface area (Å²) >= 11 is 0. The number of rotatable bonds is 10. The maximum Gasteiger partial charge on any atom is 0.251 e. The Balaban J connectivity index is 1.57. The SMILES string of the molecule is CON=C(N)c1ccc(Oc2cc(Oc3ccc(C(N)=NOC)cc3)cc(C(=O)NC3CCC(N)CC3)c2)cc1. The molecule has 1 aliphatic rings. The van der Waals surface area contributed by atoms with Gasteiger partial charge in [0.05, 0.1) is 0 Å². The van der Waals surface area contributed by atoms with Gasteiger partial charge in [-0.1, -0.05) is 10.3 Å². The number of oxime groups is 2. The molecular weight excluding hydrogens is 512 g/mol. The lowest BCUT2D eigenvalue weighted by atomic mass is 9.91. The highest BCUT2D eigenvalue weighted by atomic mass is 16.6. The summed E-state index contributed by atoms with van der Waals surface area (Å²) in [6, 6.07) is 19.3. The molecule has 0 spiro atoms. The van der Waals surface area contributed by atoms with E-state index in [0.29, 0.717) is 39.7 Å². The molecule has 1 amide bonds. The molecule has 0 aliphatic heterocycles. The molecule has 0 atom stereocenters. The molecule has 0 heterocycles. The van der Waals surface area contributed by atoms with Crippen LogP contribution >= 0.6 is 0 Å². The van der Waals surface area contributed by atoms with Crippen molar-refractivity contribution >= 4 is 17.6 Å². The Labute approximate surface area is 232 Å². The fourth-order valence-electron chi connectivity index (χ4n) is 4.31. The van der Waals surface area contributed by atoms with E-state index in [-0.39, 0.29) is 29.7 Å². The molecule has 3 aromatic rings. The van der Waals surface area contributed by atoms with E-state index in [1.165, 1.54) is 14.2 Å². The predicted molar refractivity (Wildman–Crippen MR) is 153 cm³/mol. The van der Waals surface area contributed by atoms with Gasteiger partial charge < -0.3 is 41.7 Å². The van der Waals surface area contributed by atoms with Gasteiger partial charge in [-0.15, -0.1) is 0 Å². The minimum absolute atomic E-state index is 0.0692. The summed E-state index contributed by atoms with van der Waals surface area (Å²) in [5.74, 6) is 2.20. The van der Waals surface area contributed by atoms with Crippen molar-refractivity contribution in [2.75, 3.05) is 14.2 Å². The Morgan fingerprint density at radius 3 is 1.57 bits per heavy atom. The highest BCUT2D eigenvalue weighted by Crippen LogP contribution is 2.31. The fraction of sp³-hybridized carbons (Fsp3) is 0.276. The second-order valence-corrected chi connectivity index (χ2v) is 9.35. The second kappa shape index (κ2) is 13.3. The number of nitrogens with one attached hydrogen (secondary N) is 1. The summed E-state index contributed by atoms with van der Waals surface area (Å²) in [5.41, 5.74) is 19.5. The van der Waals surface area contributed by atoms with E-state index in [4.69, 9.17) is 36.3 Å². The lowest BCUT2D eigenvalue weighted by Crippen LogP contribution is -2.40. The molecule has 40 heavy (non-hydrogen) atoms. The van der Waals surface area contributed by atoms with E-state index in [1.54, 1.807) is 66.7 Å². The third kappa shape index (κ3) is 7.64. The molecule has 0 bridgehead atoms. The van der Waals surface area contributed by atoms with Gasteiger partial charge in [0, 0.05) is 34.8 Å². The molecule has 1 saturated carbocycles. The third-order valence-electron chi connectivity index (χ3n) is 6.40. The van der Waals surface area contributed by atoms with Gasteiger partial charge in [-0.05, 0) is 86.3 Å². The average molecular weight is 547 g/mol. The van der Waals surface area contributed by atoms with Crippen molar-refractivity contribution in [1.29, 1.82) is 0 Å². The van der Waals surface area contributed by atoms with Crippen LogP contribution in [0.15, 0.2) is 77.0 Å². The molecule has 1 aliphatic carbocycles. The van der Waals surface area contributed by atoms with Crippen LogP contribution in [-0.4, -0.2) is 43.9 Å². The molecule has 0 unspecified atom stereocenters. The van der Waals surface area contributed by atoms with Gasteiger partial charge in [0.15, 0.2) is 11.7 Å². The zero-order valence-electron chi connectivity index (χ0n) is 22.5. The minimum atomic E-state index is -0.214. The normalized spacial score (nSPS) is 17.6. The van der Waals surface area contributed by atoms with Gasteiger partial charge in [0.1, 0.15) is 37.2 Å². The number of nitrogens with two attached hydrogens (primary N) is 3. The first-order valence-corrected chi connectivity index (χ1v) is 12.9. The minimum Gasteiger partial charge on any atom is -0.457 e. The van der Waals surface area contributed by atoms with Gasteiger partial charge in [-0.25, -0.2) is 0 Å². The summed E-state index contributed by atoms with van der Waals surface area (Å²) in [6.45, 7) is 0. The highest BCUT2D eigenvalue weighted by molar-refractivity contribution is 5.98. The molecule has 0 aromatic heterocycles. The van der Waals surface area contributed by atoms with Crippen LogP contribution in [0.4, 0.5) is 0 Å². The number of carbonyl (C=O) groups excluding carboxylic acids is 1. The standard InChI is InChI=1S/C29H34N6O5/c1-37-34-27(31)18-3-11-23(12-4-18)39-25-15-20(29(36)33-22-9-7-21(30)8-10-22)16-26(17-25)40-24-13-5-19(6-14-24)28(32)35-38-2/h3-6,11-17,21-22H,7-10,30H2,1-2H3,(H2,31,34)(H2,32,35)(H,33,36). The van der Waals surface area contributed by atoms with E-state index >= 15 is 0 Å². The first-order valence-electron chi connectivity index (χ1n) is 12.9. The van der Waals surface area contributed by atoms with Crippen LogP contribution in [0.5, 0.6) is 23.0 Å². The summed E-state index contributed by atoms with van der Waals surface area (Å²) in [6.07, 6.45) is 3.45. The van der Waals surface area contributed by atoms with Crippen molar-refractivity contribution in [3.05, 3.63) is 83.4 Å². The molecule has 11 nitrogen and oxygen atoms in total. The Hall–Kier alpha value is -4.77. The lowest BCUT2D eigenvalue weighted by molar-refractivity contribution is 0.0925. The van der Waals surface area contributed by atoms with Crippen LogP contribution in [-0.2, 0) is 9.68 Å². The Morgan fingerprint density at radius 1 is 0.700 bits per heavy atom. The predicted octanol–water partition coefficient (Wildman–Crippen LogP) is 3.80. The summed E-state index contributed by atoms with van der Waals surface area (Å²) in [5, 5.41) is 10.6. The van der Waals surface area contributed by atoms with Gasteiger partial charge in [-0.3, -0.25) is 4.79 Å². The number of nitrogens with zero attached hydrogens (tertiary/aromatic N) is 2. The van der Waals surface area contributed by atoms with Crippen LogP contribution in [0.2, 0.25) is 0 Å². The van der Waals surface area contributed by atoms with Crippen LogP contribution in [0, 0.1) is 0 Å². The quantitative estimate of drug-likeness (QED) is 0.169. The number of carbonyl (C=O) groups is 1. The zero-order valence-corrected chi connectivity index (χ0v) is 22.5. The molecule has 3 aromatic carbocycles. The van der Waals surface area contributed by atoms with Crippen molar-refractivity contribution in [3.8, 4) is 23.0 Å². The van der Waals surface area contributed by atoms with Crippen LogP contribution in [0.1, 0.15) is 47.2 Å². The zero-order chi connectivity index (χ0) is 28.5. The number of benzene rings is 3. The lowest BCUT2D eigenvalue weighted by Gasteiger charge is -2.26. The van der Waals surface area contributed by atoms with Crippen LogP contribution < -0.4 is 32.0 Å². The summed E-state index contributed by atoms with van der Waals surface area (Å²) in [7, 11) is 2.85. The largest absolute Gasteiger partial charge is 0.457 e. The summed E-state index contributed by atoms with van der Waals surface area (Å²) in [4.78, 5) is 22.7. The number of hydrogen-bond acceptors (Lipinski definition) is 8. The number of ether oxygens (including phenoxy) is 2. The van der Waals surface area contributed by atoms with Crippen LogP contribution in [0.3, 0.4) is 0 Å². The Morgan fingerprint density at radius 2 is 1.15 bits per heavy atom. The number of amidine groups is 2. The molecular formula is C29H34N6O5. The Bertz CT molecular complexity index is 1270. The van der Waals surface area contributed by atoms with Crippen molar-refractivity contribution in [2.45, 2.75) is 37.8 Å². The van der Waals surface area contributed by atoms with E-state index in [1.807, 2.05) is 0 Å². The molecule has 0 saturated heterocycles. The van der Waals surface area contributed by atoms with Gasteiger partial charge in [0.2, 0.25) is 0 Å². The van der Waals surface area contributed by atoms with E-state index < -0.39 is 0 Å². The highest BCUT2D eigenvalue weighted by Gasteiger charge is 2.21.